The standard InChI is InChI=1S/C18H16F2N4OS/c19-18(20)8-10(18)7-14(25)24-6-5-12-15(22-9-21-12)16(24)17-23-11-3-1-2-4-13(11)26-17/h1-4,9-10,16H,5-8H2,(H,21,22)/t10?,16-/m0/s1. The van der Waals surface area contributed by atoms with E-state index in [2.05, 4.69) is 9.97 Å². The highest BCUT2D eigenvalue weighted by Crippen LogP contribution is 2.51. The monoisotopic (exact) mass is 374 g/mol. The van der Waals surface area contributed by atoms with Gasteiger partial charge < -0.3 is 9.88 Å². The van der Waals surface area contributed by atoms with Crippen molar-refractivity contribution < 1.29 is 13.6 Å². The molecule has 3 aromatic rings. The Morgan fingerprint density at radius 1 is 1.38 bits per heavy atom. The molecule has 2 aromatic heterocycles. The maximum Gasteiger partial charge on any atom is 0.252 e. The molecular weight excluding hydrogens is 358 g/mol. The van der Waals surface area contributed by atoms with E-state index in [0.717, 1.165) is 26.6 Å². The number of aromatic nitrogens is 3. The molecule has 8 heteroatoms. The molecule has 1 N–H and O–H groups in total. The van der Waals surface area contributed by atoms with Crippen LogP contribution in [0.25, 0.3) is 10.2 Å². The number of benzene rings is 1. The van der Waals surface area contributed by atoms with Gasteiger partial charge in [0, 0.05) is 37.4 Å². The zero-order chi connectivity index (χ0) is 17.9. The fourth-order valence-electron chi connectivity index (χ4n) is 3.62. The van der Waals surface area contributed by atoms with Crippen molar-refractivity contribution in [3.63, 3.8) is 0 Å². The third-order valence-corrected chi connectivity index (χ3v) is 6.26. The van der Waals surface area contributed by atoms with E-state index in [4.69, 9.17) is 4.98 Å². The summed E-state index contributed by atoms with van der Waals surface area (Å²) in [5.74, 6) is -3.76. The lowest BCUT2D eigenvalue weighted by molar-refractivity contribution is -0.134. The molecule has 134 valence electrons. The first kappa shape index (κ1) is 15.9. The predicted octanol–water partition coefficient (Wildman–Crippen LogP) is 3.54. The topological polar surface area (TPSA) is 61.9 Å². The van der Waals surface area contributed by atoms with E-state index in [-0.39, 0.29) is 18.7 Å². The molecule has 0 spiro atoms. The van der Waals surface area contributed by atoms with Crippen LogP contribution >= 0.6 is 11.3 Å². The third-order valence-electron chi connectivity index (χ3n) is 5.17. The van der Waals surface area contributed by atoms with E-state index in [0.29, 0.717) is 13.0 Å². The van der Waals surface area contributed by atoms with Crippen LogP contribution in [0.2, 0.25) is 0 Å². The highest BCUT2D eigenvalue weighted by molar-refractivity contribution is 7.18. The number of nitrogens with zero attached hydrogens (tertiary/aromatic N) is 3. The molecule has 1 aliphatic carbocycles. The van der Waals surface area contributed by atoms with Crippen LogP contribution in [-0.2, 0) is 11.2 Å². The minimum absolute atomic E-state index is 0.117. The van der Waals surface area contributed by atoms with Crippen LogP contribution in [0.3, 0.4) is 0 Å². The Hall–Kier alpha value is -2.35. The molecule has 1 aliphatic heterocycles. The van der Waals surface area contributed by atoms with Gasteiger partial charge in [-0.25, -0.2) is 18.7 Å². The van der Waals surface area contributed by atoms with Gasteiger partial charge in [0.2, 0.25) is 5.91 Å². The number of aromatic amines is 1. The summed E-state index contributed by atoms with van der Waals surface area (Å²) in [5.41, 5.74) is 2.62. The highest BCUT2D eigenvalue weighted by Gasteiger charge is 2.57. The largest absolute Gasteiger partial charge is 0.348 e. The van der Waals surface area contributed by atoms with Crippen LogP contribution in [0.15, 0.2) is 30.6 Å². The van der Waals surface area contributed by atoms with E-state index < -0.39 is 17.9 Å². The Morgan fingerprint density at radius 3 is 2.96 bits per heavy atom. The normalized spacial score (nSPS) is 23.8. The van der Waals surface area contributed by atoms with Gasteiger partial charge in [-0.3, -0.25) is 4.79 Å². The highest BCUT2D eigenvalue weighted by atomic mass is 32.1. The third kappa shape index (κ3) is 2.51. The minimum atomic E-state index is -2.69. The first-order valence-corrected chi connectivity index (χ1v) is 9.39. The molecule has 2 atom stereocenters. The van der Waals surface area contributed by atoms with Crippen LogP contribution < -0.4 is 0 Å². The fourth-order valence-corrected chi connectivity index (χ4v) is 4.71. The second-order valence-electron chi connectivity index (χ2n) is 6.89. The average Bonchev–Trinajstić information content (AvgIpc) is 3.03. The van der Waals surface area contributed by atoms with Crippen LogP contribution in [-0.4, -0.2) is 38.2 Å². The number of imidazole rings is 1. The molecule has 3 heterocycles. The van der Waals surface area contributed by atoms with Crippen LogP contribution in [0.4, 0.5) is 8.78 Å². The number of carbonyl (C=O) groups excluding carboxylic acids is 1. The molecule has 26 heavy (non-hydrogen) atoms. The van der Waals surface area contributed by atoms with E-state index in [9.17, 15) is 13.6 Å². The summed E-state index contributed by atoms with van der Waals surface area (Å²) in [6.07, 6.45) is 1.96. The SMILES string of the molecule is O=C(CC1CC1(F)F)N1CCc2[nH]cnc2[C@H]1c1nc2ccccc2s1. The van der Waals surface area contributed by atoms with Crippen molar-refractivity contribution >= 4 is 27.5 Å². The zero-order valence-electron chi connectivity index (χ0n) is 13.8. The van der Waals surface area contributed by atoms with Crippen molar-refractivity contribution in [1.82, 2.24) is 19.9 Å². The quantitative estimate of drug-likeness (QED) is 0.763. The summed E-state index contributed by atoms with van der Waals surface area (Å²) in [4.78, 5) is 26.7. The van der Waals surface area contributed by atoms with Crippen molar-refractivity contribution in [3.05, 3.63) is 47.0 Å². The molecule has 0 radical (unpaired) electrons. The van der Waals surface area contributed by atoms with Crippen LogP contribution in [0.1, 0.15) is 35.3 Å². The van der Waals surface area contributed by atoms with Crippen molar-refractivity contribution in [3.8, 4) is 0 Å². The van der Waals surface area contributed by atoms with Gasteiger partial charge in [0.05, 0.1) is 22.2 Å². The number of H-pyrrole nitrogens is 1. The van der Waals surface area contributed by atoms with Crippen molar-refractivity contribution in [2.45, 2.75) is 31.2 Å². The predicted molar refractivity (Wildman–Crippen MR) is 93.1 cm³/mol. The van der Waals surface area contributed by atoms with E-state index >= 15 is 0 Å². The van der Waals surface area contributed by atoms with Gasteiger partial charge in [-0.2, -0.15) is 0 Å². The number of carbonyl (C=O) groups is 1. The number of thiazole rings is 1. The molecular formula is C18H16F2N4OS. The second kappa shape index (κ2) is 5.57. The summed E-state index contributed by atoms with van der Waals surface area (Å²) in [6, 6.07) is 7.37. The van der Waals surface area contributed by atoms with Crippen molar-refractivity contribution in [2.24, 2.45) is 5.92 Å². The Balaban J connectivity index is 1.52. The number of alkyl halides is 2. The number of halogens is 2. The Labute approximate surface area is 152 Å². The number of rotatable bonds is 3. The first-order chi connectivity index (χ1) is 12.5. The van der Waals surface area contributed by atoms with Crippen molar-refractivity contribution in [2.75, 3.05) is 6.54 Å². The Morgan fingerprint density at radius 2 is 2.19 bits per heavy atom. The van der Waals surface area contributed by atoms with E-state index in [1.165, 1.54) is 11.3 Å². The number of hydrogen-bond donors (Lipinski definition) is 1. The molecule has 1 unspecified atom stereocenters. The summed E-state index contributed by atoms with van der Waals surface area (Å²) >= 11 is 1.52. The lowest BCUT2D eigenvalue weighted by Gasteiger charge is -2.33. The number of amides is 1. The van der Waals surface area contributed by atoms with Crippen LogP contribution in [0.5, 0.6) is 0 Å². The molecule has 1 fully saturated rings. The lowest BCUT2D eigenvalue weighted by atomic mass is 10.0. The van der Waals surface area contributed by atoms with Gasteiger partial charge in [0.25, 0.3) is 5.92 Å². The van der Waals surface area contributed by atoms with Gasteiger partial charge >= 0.3 is 0 Å². The molecule has 0 bridgehead atoms. The molecule has 0 saturated heterocycles. The van der Waals surface area contributed by atoms with E-state index in [1.54, 1.807) is 11.2 Å². The van der Waals surface area contributed by atoms with Gasteiger partial charge in [-0.1, -0.05) is 12.1 Å². The molecule has 1 saturated carbocycles. The van der Waals surface area contributed by atoms with Gasteiger partial charge in [0.15, 0.2) is 0 Å². The first-order valence-electron chi connectivity index (χ1n) is 8.58. The fraction of sp³-hybridized carbons (Fsp3) is 0.389. The van der Waals surface area contributed by atoms with Gasteiger partial charge in [-0.15, -0.1) is 11.3 Å². The second-order valence-corrected chi connectivity index (χ2v) is 7.95. The molecule has 1 amide bonds. The molecule has 5 nitrogen and oxygen atoms in total. The van der Waals surface area contributed by atoms with Gasteiger partial charge in [0.1, 0.15) is 11.0 Å². The maximum atomic E-state index is 13.3. The van der Waals surface area contributed by atoms with E-state index in [1.807, 2.05) is 24.3 Å². The number of hydrogen-bond acceptors (Lipinski definition) is 4. The van der Waals surface area contributed by atoms with Crippen LogP contribution in [0, 0.1) is 5.92 Å². The number of fused-ring (bicyclic) bond motifs is 2. The smallest absolute Gasteiger partial charge is 0.252 e. The van der Waals surface area contributed by atoms with Gasteiger partial charge in [-0.05, 0) is 12.1 Å². The number of para-hydroxylation sites is 1. The molecule has 5 rings (SSSR count). The zero-order valence-corrected chi connectivity index (χ0v) is 14.6. The summed E-state index contributed by atoms with van der Waals surface area (Å²) < 4.78 is 27.6. The minimum Gasteiger partial charge on any atom is -0.348 e. The molecule has 1 aromatic carbocycles. The summed E-state index contributed by atoms with van der Waals surface area (Å²) in [5, 5.41) is 0.773. The Bertz CT molecular complexity index is 965. The molecule has 2 aliphatic rings. The maximum absolute atomic E-state index is 13.3. The Kier molecular flexibility index (Phi) is 3.40. The average molecular weight is 374 g/mol. The van der Waals surface area contributed by atoms with Crippen molar-refractivity contribution in [1.29, 1.82) is 0 Å². The summed E-state index contributed by atoms with van der Waals surface area (Å²) in [6.45, 7) is 0.479. The summed E-state index contributed by atoms with van der Waals surface area (Å²) in [7, 11) is 0. The number of nitrogens with one attached hydrogen (secondary N) is 1. The lowest BCUT2D eigenvalue weighted by Crippen LogP contribution is -2.41.